The number of carbonyl (C=O) groups is 2. The van der Waals surface area contributed by atoms with Crippen LogP contribution in [0.4, 0.5) is 11.4 Å². The maximum atomic E-state index is 12.6. The van der Waals surface area contributed by atoms with E-state index in [4.69, 9.17) is 4.74 Å². The van der Waals surface area contributed by atoms with Crippen molar-refractivity contribution in [2.24, 2.45) is 0 Å². The average molecular weight is 305 g/mol. The molecule has 8 heteroatoms. The van der Waals surface area contributed by atoms with Gasteiger partial charge in [-0.1, -0.05) is 12.1 Å². The lowest BCUT2D eigenvalue weighted by Crippen LogP contribution is -2.47. The number of ether oxygens (including phenoxy) is 1. The number of morpholine rings is 1. The summed E-state index contributed by atoms with van der Waals surface area (Å²) < 4.78 is 5.24. The van der Waals surface area contributed by atoms with Crippen molar-refractivity contribution in [3.05, 3.63) is 34.4 Å². The summed E-state index contributed by atoms with van der Waals surface area (Å²) in [7, 11) is 0. The molecule has 0 aliphatic carbocycles. The molecule has 22 heavy (non-hydrogen) atoms. The summed E-state index contributed by atoms with van der Waals surface area (Å²) in [6.07, 6.45) is 0.0465. The van der Waals surface area contributed by atoms with Gasteiger partial charge in [-0.2, -0.15) is 0 Å². The molecule has 0 bridgehead atoms. The van der Waals surface area contributed by atoms with Gasteiger partial charge in [0.2, 0.25) is 5.91 Å². The number of para-hydroxylation sites is 2. The monoisotopic (exact) mass is 305 g/mol. The molecule has 2 aliphatic heterocycles. The van der Waals surface area contributed by atoms with E-state index in [-0.39, 0.29) is 17.8 Å². The van der Waals surface area contributed by atoms with Crippen LogP contribution < -0.4 is 4.90 Å². The summed E-state index contributed by atoms with van der Waals surface area (Å²) in [5.41, 5.74) is -0.204. The first kappa shape index (κ1) is 14.6. The highest BCUT2D eigenvalue weighted by Gasteiger charge is 2.44. The molecule has 2 aliphatic rings. The van der Waals surface area contributed by atoms with Gasteiger partial charge < -0.3 is 4.74 Å². The van der Waals surface area contributed by atoms with Gasteiger partial charge in [0.1, 0.15) is 5.69 Å². The second kappa shape index (κ2) is 5.82. The van der Waals surface area contributed by atoms with E-state index in [1.165, 1.54) is 18.2 Å². The minimum Gasteiger partial charge on any atom is -0.379 e. The highest BCUT2D eigenvalue weighted by atomic mass is 16.6. The van der Waals surface area contributed by atoms with Gasteiger partial charge >= 0.3 is 0 Å². The van der Waals surface area contributed by atoms with Gasteiger partial charge in [0.15, 0.2) is 0 Å². The van der Waals surface area contributed by atoms with Crippen LogP contribution in [0.25, 0.3) is 0 Å². The van der Waals surface area contributed by atoms with Crippen molar-refractivity contribution in [2.75, 3.05) is 31.2 Å². The van der Waals surface area contributed by atoms with Gasteiger partial charge in [-0.3, -0.25) is 24.6 Å². The molecule has 1 aromatic carbocycles. The van der Waals surface area contributed by atoms with Crippen molar-refractivity contribution in [3.63, 3.8) is 0 Å². The molecule has 2 fully saturated rings. The molecule has 2 amide bonds. The van der Waals surface area contributed by atoms with Crippen LogP contribution in [0.2, 0.25) is 0 Å². The summed E-state index contributed by atoms with van der Waals surface area (Å²) in [6.45, 7) is 2.19. The molecule has 116 valence electrons. The van der Waals surface area contributed by atoms with Gasteiger partial charge in [0.25, 0.3) is 11.6 Å². The van der Waals surface area contributed by atoms with E-state index in [0.717, 1.165) is 4.90 Å². The number of imide groups is 1. The molecule has 2 heterocycles. The largest absolute Gasteiger partial charge is 0.379 e. The van der Waals surface area contributed by atoms with E-state index in [2.05, 4.69) is 0 Å². The molecule has 1 unspecified atom stereocenters. The Hall–Kier alpha value is -2.32. The lowest BCUT2D eigenvalue weighted by atomic mass is 10.2. The average Bonchev–Trinajstić information content (AvgIpc) is 2.83. The van der Waals surface area contributed by atoms with Crippen LogP contribution in [-0.2, 0) is 14.3 Å². The number of hydrogen-bond acceptors (Lipinski definition) is 6. The van der Waals surface area contributed by atoms with E-state index in [0.29, 0.717) is 26.3 Å². The number of nitrogens with zero attached hydrogens (tertiary/aromatic N) is 3. The van der Waals surface area contributed by atoms with Crippen molar-refractivity contribution < 1.29 is 19.2 Å². The number of amides is 2. The Labute approximate surface area is 126 Å². The van der Waals surface area contributed by atoms with Gasteiger partial charge in [0.05, 0.1) is 30.6 Å². The first-order chi connectivity index (χ1) is 10.6. The minimum absolute atomic E-state index is 0.0401. The number of benzene rings is 1. The van der Waals surface area contributed by atoms with Crippen LogP contribution in [0.1, 0.15) is 6.42 Å². The molecule has 0 N–H and O–H groups in total. The predicted octanol–water partition coefficient (Wildman–Crippen LogP) is 0.559. The molecule has 0 aromatic heterocycles. The molecular formula is C14H15N3O5. The lowest BCUT2D eigenvalue weighted by Gasteiger charge is -2.30. The molecule has 1 atom stereocenters. The highest BCUT2D eigenvalue weighted by Crippen LogP contribution is 2.33. The third-order valence-electron chi connectivity index (χ3n) is 3.93. The van der Waals surface area contributed by atoms with E-state index >= 15 is 0 Å². The third kappa shape index (κ3) is 2.46. The number of nitro benzene ring substituents is 1. The fourth-order valence-corrected chi connectivity index (χ4v) is 2.85. The minimum atomic E-state index is -0.585. The van der Waals surface area contributed by atoms with Crippen molar-refractivity contribution in [2.45, 2.75) is 12.5 Å². The standard InChI is InChI=1S/C14H15N3O5/c18-13-9-12(15-5-7-22-8-6-15)14(19)16(13)10-3-1-2-4-11(10)17(20)21/h1-4,12H,5-9H2. The van der Waals surface area contributed by atoms with Crippen LogP contribution in [0.3, 0.4) is 0 Å². The number of carbonyl (C=O) groups excluding carboxylic acids is 2. The molecule has 2 saturated heterocycles. The van der Waals surface area contributed by atoms with E-state index in [1.54, 1.807) is 6.07 Å². The number of nitro groups is 1. The Morgan fingerprint density at radius 3 is 2.55 bits per heavy atom. The summed E-state index contributed by atoms with van der Waals surface area (Å²) in [6, 6.07) is 5.24. The van der Waals surface area contributed by atoms with Gasteiger partial charge in [-0.15, -0.1) is 0 Å². The zero-order chi connectivity index (χ0) is 15.7. The van der Waals surface area contributed by atoms with Crippen LogP contribution in [0, 0.1) is 10.1 Å². The molecule has 0 radical (unpaired) electrons. The maximum Gasteiger partial charge on any atom is 0.293 e. The zero-order valence-corrected chi connectivity index (χ0v) is 11.8. The maximum absolute atomic E-state index is 12.6. The fourth-order valence-electron chi connectivity index (χ4n) is 2.85. The lowest BCUT2D eigenvalue weighted by molar-refractivity contribution is -0.384. The zero-order valence-electron chi connectivity index (χ0n) is 11.8. The Balaban J connectivity index is 1.90. The van der Waals surface area contributed by atoms with Crippen molar-refractivity contribution >= 4 is 23.2 Å². The third-order valence-corrected chi connectivity index (χ3v) is 3.93. The smallest absolute Gasteiger partial charge is 0.293 e. The van der Waals surface area contributed by atoms with Crippen LogP contribution >= 0.6 is 0 Å². The second-order valence-electron chi connectivity index (χ2n) is 5.18. The SMILES string of the molecule is O=C1CC(N2CCOCC2)C(=O)N1c1ccccc1[N+](=O)[O-]. The Kier molecular flexibility index (Phi) is 3.86. The number of hydrogen-bond donors (Lipinski definition) is 0. The first-order valence-corrected chi connectivity index (χ1v) is 7.01. The van der Waals surface area contributed by atoms with Crippen molar-refractivity contribution in [3.8, 4) is 0 Å². The summed E-state index contributed by atoms with van der Waals surface area (Å²) in [4.78, 5) is 38.2. The Morgan fingerprint density at radius 1 is 1.18 bits per heavy atom. The normalized spacial score (nSPS) is 23.1. The first-order valence-electron chi connectivity index (χ1n) is 7.01. The van der Waals surface area contributed by atoms with Gasteiger partial charge in [-0.25, -0.2) is 4.90 Å². The van der Waals surface area contributed by atoms with E-state index < -0.39 is 22.8 Å². The number of anilines is 1. The molecule has 8 nitrogen and oxygen atoms in total. The predicted molar refractivity (Wildman–Crippen MR) is 76.4 cm³/mol. The second-order valence-corrected chi connectivity index (χ2v) is 5.18. The molecular weight excluding hydrogens is 290 g/mol. The van der Waals surface area contributed by atoms with Gasteiger partial charge in [0, 0.05) is 19.2 Å². The molecule has 1 aromatic rings. The summed E-state index contributed by atoms with van der Waals surface area (Å²) in [5, 5.41) is 11.1. The van der Waals surface area contributed by atoms with Crippen LogP contribution in [-0.4, -0.2) is 54.0 Å². The Bertz CT molecular complexity index is 627. The molecule has 0 spiro atoms. The van der Waals surface area contributed by atoms with Crippen molar-refractivity contribution in [1.29, 1.82) is 0 Å². The quantitative estimate of drug-likeness (QED) is 0.460. The van der Waals surface area contributed by atoms with Crippen molar-refractivity contribution in [1.82, 2.24) is 4.90 Å². The Morgan fingerprint density at radius 2 is 1.86 bits per heavy atom. The summed E-state index contributed by atoms with van der Waals surface area (Å²) in [5.74, 6) is -0.808. The topological polar surface area (TPSA) is 93.0 Å². The summed E-state index contributed by atoms with van der Waals surface area (Å²) >= 11 is 0. The number of rotatable bonds is 3. The van der Waals surface area contributed by atoms with Gasteiger partial charge in [-0.05, 0) is 6.07 Å². The van der Waals surface area contributed by atoms with Crippen LogP contribution in [0.5, 0.6) is 0 Å². The molecule has 0 saturated carbocycles. The highest BCUT2D eigenvalue weighted by molar-refractivity contribution is 6.23. The molecule has 3 rings (SSSR count). The fraction of sp³-hybridized carbons (Fsp3) is 0.429. The van der Waals surface area contributed by atoms with E-state index in [1.807, 2.05) is 4.90 Å². The van der Waals surface area contributed by atoms with E-state index in [9.17, 15) is 19.7 Å². The van der Waals surface area contributed by atoms with Crippen LogP contribution in [0.15, 0.2) is 24.3 Å².